The quantitative estimate of drug-likeness (QED) is 0.180. The van der Waals surface area contributed by atoms with Crippen molar-refractivity contribution in [2.75, 3.05) is 7.11 Å². The summed E-state index contributed by atoms with van der Waals surface area (Å²) < 4.78 is 10.6. The normalized spacial score (nSPS) is 42.1. The number of esters is 2. The fourth-order valence-corrected chi connectivity index (χ4v) is 8.87. The van der Waals surface area contributed by atoms with Crippen molar-refractivity contribution in [2.45, 2.75) is 91.3 Å². The van der Waals surface area contributed by atoms with Crippen LogP contribution < -0.4 is 0 Å². The number of nitrogens with zero attached hydrogens (tertiary/aromatic N) is 2. The molecule has 8 atom stereocenters. The van der Waals surface area contributed by atoms with Crippen molar-refractivity contribution in [3.8, 4) is 0 Å². The van der Waals surface area contributed by atoms with Gasteiger partial charge in [-0.2, -0.15) is 0 Å². The maximum atomic E-state index is 12.7. The van der Waals surface area contributed by atoms with Gasteiger partial charge in [-0.15, -0.1) is 0 Å². The van der Waals surface area contributed by atoms with Crippen LogP contribution in [0.1, 0.15) is 79.6 Å². The maximum absolute atomic E-state index is 12.7. The van der Waals surface area contributed by atoms with Crippen LogP contribution >= 0.6 is 0 Å². The molecule has 0 amide bonds. The molecule has 0 radical (unpaired) electrons. The van der Waals surface area contributed by atoms with E-state index in [1.807, 2.05) is 6.92 Å². The second-order valence-corrected chi connectivity index (χ2v) is 12.0. The Morgan fingerprint density at radius 1 is 1.08 bits per heavy atom. The predicted octanol–water partition coefficient (Wildman–Crippen LogP) is 4.34. The van der Waals surface area contributed by atoms with Crippen LogP contribution in [0, 0.1) is 34.5 Å². The molecule has 0 spiro atoms. The van der Waals surface area contributed by atoms with E-state index in [4.69, 9.17) is 19.1 Å². The Bertz CT molecular complexity index is 1110. The molecule has 37 heavy (non-hydrogen) atoms. The zero-order valence-electron chi connectivity index (χ0n) is 22.7. The molecule has 3 saturated carbocycles. The van der Waals surface area contributed by atoms with E-state index in [1.54, 1.807) is 0 Å². The molecule has 0 N–H and O–H groups in total. The Morgan fingerprint density at radius 2 is 1.84 bits per heavy atom. The summed E-state index contributed by atoms with van der Waals surface area (Å²) in [4.78, 5) is 47.1. The highest BCUT2D eigenvalue weighted by atomic mass is 16.7. The molecule has 9 nitrogen and oxygen atoms in total. The summed E-state index contributed by atoms with van der Waals surface area (Å²) in [7, 11) is 1.35. The highest BCUT2D eigenvalue weighted by Gasteiger charge is 2.74. The van der Waals surface area contributed by atoms with E-state index in [1.165, 1.54) is 26.5 Å². The van der Waals surface area contributed by atoms with Crippen LogP contribution in [0.5, 0.6) is 0 Å². The van der Waals surface area contributed by atoms with Crippen molar-refractivity contribution in [3.05, 3.63) is 11.6 Å². The third kappa shape index (κ3) is 3.67. The van der Waals surface area contributed by atoms with E-state index >= 15 is 0 Å². The van der Waals surface area contributed by atoms with Crippen LogP contribution in [0.4, 0.5) is 0 Å². The van der Waals surface area contributed by atoms with Gasteiger partial charge in [0.25, 0.3) is 0 Å². The van der Waals surface area contributed by atoms with Crippen molar-refractivity contribution in [2.24, 2.45) is 44.8 Å². The zero-order valence-corrected chi connectivity index (χ0v) is 22.7. The van der Waals surface area contributed by atoms with Gasteiger partial charge >= 0.3 is 17.9 Å². The van der Waals surface area contributed by atoms with Gasteiger partial charge in [-0.05, 0) is 68.6 Å². The van der Waals surface area contributed by atoms with Crippen molar-refractivity contribution >= 4 is 29.3 Å². The number of allylic oxidation sites excluding steroid dienone is 1. The summed E-state index contributed by atoms with van der Waals surface area (Å²) in [6.07, 6.45) is 8.59. The first-order valence-corrected chi connectivity index (χ1v) is 13.4. The Morgan fingerprint density at radius 3 is 2.51 bits per heavy atom. The minimum absolute atomic E-state index is 0.0382. The van der Waals surface area contributed by atoms with Crippen LogP contribution in [-0.2, 0) is 33.5 Å². The average molecular weight is 515 g/mol. The van der Waals surface area contributed by atoms with Gasteiger partial charge in [0.05, 0.1) is 13.0 Å². The number of methoxy groups -OCH3 is 1. The van der Waals surface area contributed by atoms with E-state index in [2.05, 4.69) is 30.2 Å². The smallest absolute Gasteiger partial charge is 0.356 e. The monoisotopic (exact) mass is 514 g/mol. The lowest BCUT2D eigenvalue weighted by Crippen LogP contribution is -2.59. The van der Waals surface area contributed by atoms with Crippen molar-refractivity contribution in [1.82, 2.24) is 0 Å². The lowest BCUT2D eigenvalue weighted by Gasteiger charge is -2.58. The van der Waals surface area contributed by atoms with Gasteiger partial charge < -0.3 is 19.1 Å². The summed E-state index contributed by atoms with van der Waals surface area (Å²) in [5.41, 5.74) is 0.962. The van der Waals surface area contributed by atoms with Crippen LogP contribution in [-0.4, -0.2) is 48.1 Å². The largest absolute Gasteiger partial charge is 0.464 e. The highest BCUT2D eigenvalue weighted by molar-refractivity contribution is 6.38. The molecule has 9 heteroatoms. The number of hydrogen-bond donors (Lipinski definition) is 0. The number of carbonyl (C=O) groups excluding carboxylic acids is 3. The second-order valence-electron chi connectivity index (χ2n) is 12.0. The number of fused-ring (bicyclic) bond motifs is 7. The van der Waals surface area contributed by atoms with Crippen LogP contribution in [0.15, 0.2) is 22.0 Å². The Labute approximate surface area is 218 Å². The topological polar surface area (TPSA) is 113 Å². The fourth-order valence-electron chi connectivity index (χ4n) is 8.87. The summed E-state index contributed by atoms with van der Waals surface area (Å²) in [6.45, 7) is 9.22. The van der Waals surface area contributed by atoms with E-state index in [-0.39, 0.29) is 40.5 Å². The lowest BCUT2D eigenvalue weighted by molar-refractivity contribution is -0.149. The number of ether oxygens (including phenoxy) is 2. The molecule has 1 aliphatic heterocycles. The maximum Gasteiger partial charge on any atom is 0.356 e. The third-order valence-corrected chi connectivity index (χ3v) is 10.5. The minimum atomic E-state index is -0.973. The van der Waals surface area contributed by atoms with Crippen molar-refractivity contribution in [3.63, 3.8) is 0 Å². The van der Waals surface area contributed by atoms with Gasteiger partial charge in [0, 0.05) is 25.7 Å². The second kappa shape index (κ2) is 8.95. The van der Waals surface area contributed by atoms with Gasteiger partial charge in [-0.25, -0.2) is 9.59 Å². The minimum Gasteiger partial charge on any atom is -0.464 e. The van der Waals surface area contributed by atoms with E-state index < -0.39 is 17.5 Å². The summed E-state index contributed by atoms with van der Waals surface area (Å²) in [5.74, 6) is -0.389. The van der Waals surface area contributed by atoms with E-state index in [9.17, 15) is 14.4 Å². The zero-order chi connectivity index (χ0) is 26.8. The molecule has 0 aromatic rings. The number of carbonyl (C=O) groups is 3. The number of hydrogen-bond acceptors (Lipinski definition) is 9. The number of oxime groups is 2. The van der Waals surface area contributed by atoms with Crippen LogP contribution in [0.25, 0.3) is 0 Å². The molecule has 5 rings (SSSR count). The Hall–Kier alpha value is -2.71. The molecule has 3 fully saturated rings. The van der Waals surface area contributed by atoms with Gasteiger partial charge in [0.1, 0.15) is 11.8 Å². The van der Waals surface area contributed by atoms with E-state index in [0.29, 0.717) is 17.5 Å². The first kappa shape index (κ1) is 25.9. The first-order valence-electron chi connectivity index (χ1n) is 13.4. The van der Waals surface area contributed by atoms with Gasteiger partial charge in [-0.1, -0.05) is 35.8 Å². The lowest BCUT2D eigenvalue weighted by atomic mass is 9.46. The molecular formula is C28H38N2O7. The number of rotatable bonds is 4. The first-order chi connectivity index (χ1) is 17.5. The Kier molecular flexibility index (Phi) is 6.27. The van der Waals surface area contributed by atoms with Crippen molar-refractivity contribution < 1.29 is 33.5 Å². The van der Waals surface area contributed by atoms with Crippen LogP contribution in [0.2, 0.25) is 0 Å². The van der Waals surface area contributed by atoms with E-state index in [0.717, 1.165) is 44.9 Å². The molecule has 1 heterocycles. The SMILES string of the molecule is COC(=O)C1=NO[C@]2(/C(C)=N\OC(C)=O)[C@H]1CC1C3CC=C4C[C@@H](OC(C)=O)CC[C@]4(C)C3CC[C@@]12C. The molecule has 0 saturated heterocycles. The van der Waals surface area contributed by atoms with Gasteiger partial charge in [-0.3, -0.25) is 4.79 Å². The highest BCUT2D eigenvalue weighted by Crippen LogP contribution is 2.70. The summed E-state index contributed by atoms with van der Waals surface area (Å²) >= 11 is 0. The molecular weight excluding hydrogens is 476 g/mol. The summed E-state index contributed by atoms with van der Waals surface area (Å²) in [5, 5.41) is 8.40. The van der Waals surface area contributed by atoms with Crippen LogP contribution in [0.3, 0.4) is 0 Å². The molecule has 0 bridgehead atoms. The molecule has 4 aliphatic carbocycles. The summed E-state index contributed by atoms with van der Waals surface area (Å²) in [6, 6.07) is 0. The van der Waals surface area contributed by atoms with Gasteiger partial charge in [0.2, 0.25) is 0 Å². The molecule has 0 aromatic carbocycles. The molecule has 202 valence electrons. The molecule has 5 aliphatic rings. The molecule has 3 unspecified atom stereocenters. The Balaban J connectivity index is 1.51. The fraction of sp³-hybridized carbons (Fsp3) is 0.750. The standard InChI is InChI=1S/C28H38N2O7/c1-15(29-36-17(3)32)28-23(24(30-37-28)25(33)34-6)14-22-20-8-7-18-13-19(35-16(2)31)9-11-26(18,4)21(20)10-12-27(22,28)5/h7,19-23H,8-14H2,1-6H3/b29-15-/t19-,20?,21?,22?,23-,26-,27-,28+/m0/s1. The average Bonchev–Trinajstić information content (AvgIpc) is 3.35. The predicted molar refractivity (Wildman–Crippen MR) is 134 cm³/mol. The molecule has 0 aromatic heterocycles. The van der Waals surface area contributed by atoms with Crippen molar-refractivity contribution in [1.29, 1.82) is 0 Å². The van der Waals surface area contributed by atoms with Gasteiger partial charge in [0.15, 0.2) is 11.3 Å². The third-order valence-electron chi connectivity index (χ3n) is 10.5.